The molecule has 0 N–H and O–H groups in total. The summed E-state index contributed by atoms with van der Waals surface area (Å²) in [5.74, 6) is 0.284. The van der Waals surface area contributed by atoms with Crippen molar-refractivity contribution in [3.8, 4) is 5.75 Å². The molecule has 1 atom stereocenters. The monoisotopic (exact) mass is 256 g/mol. The molecule has 0 radical (unpaired) electrons. The van der Waals surface area contributed by atoms with Gasteiger partial charge in [0.2, 0.25) is 0 Å². The van der Waals surface area contributed by atoms with Gasteiger partial charge in [0.1, 0.15) is 11.9 Å². The number of benzene rings is 2. The number of hydrogen-bond acceptors (Lipinski definition) is 3. The number of hydrogen-bond donors (Lipinski definition) is 0. The second kappa shape index (κ2) is 6.59. The van der Waals surface area contributed by atoms with Crippen LogP contribution in [0.1, 0.15) is 18.6 Å². The fraction of sp³-hybridized carbons (Fsp3) is 0.188. The highest BCUT2D eigenvalue weighted by Crippen LogP contribution is 2.16. The van der Waals surface area contributed by atoms with Crippen molar-refractivity contribution in [2.24, 2.45) is 0 Å². The number of carbonyl (C=O) groups excluding carboxylic acids is 1. The Morgan fingerprint density at radius 1 is 1.00 bits per heavy atom. The fourth-order valence-corrected chi connectivity index (χ4v) is 1.68. The van der Waals surface area contributed by atoms with E-state index in [0.29, 0.717) is 5.75 Å². The maximum absolute atomic E-state index is 11.7. The molecule has 19 heavy (non-hydrogen) atoms. The summed E-state index contributed by atoms with van der Waals surface area (Å²) in [5, 5.41) is 0. The summed E-state index contributed by atoms with van der Waals surface area (Å²) in [4.78, 5) is 11.7. The first-order valence-electron chi connectivity index (χ1n) is 6.18. The highest BCUT2D eigenvalue weighted by molar-refractivity contribution is 5.71. The molecule has 0 aliphatic heterocycles. The zero-order valence-electron chi connectivity index (χ0n) is 10.8. The minimum atomic E-state index is -0.375. The smallest absolute Gasteiger partial charge is 0.344 e. The van der Waals surface area contributed by atoms with E-state index in [-0.39, 0.29) is 18.7 Å². The number of ether oxygens (including phenoxy) is 2. The first kappa shape index (κ1) is 13.1. The van der Waals surface area contributed by atoms with Crippen molar-refractivity contribution in [1.82, 2.24) is 0 Å². The molecule has 0 aromatic heterocycles. The topological polar surface area (TPSA) is 35.5 Å². The van der Waals surface area contributed by atoms with E-state index < -0.39 is 0 Å². The van der Waals surface area contributed by atoms with Crippen LogP contribution in [-0.2, 0) is 9.53 Å². The van der Waals surface area contributed by atoms with Gasteiger partial charge in [-0.3, -0.25) is 0 Å². The Labute approximate surface area is 112 Å². The Bertz CT molecular complexity index is 508. The lowest BCUT2D eigenvalue weighted by Crippen LogP contribution is -2.16. The van der Waals surface area contributed by atoms with Gasteiger partial charge in [-0.25, -0.2) is 4.79 Å². The molecule has 0 heterocycles. The van der Waals surface area contributed by atoms with E-state index in [0.717, 1.165) is 5.56 Å². The quantitative estimate of drug-likeness (QED) is 0.769. The standard InChI is InChI=1S/C16H16O3/c1-13(14-8-4-2-5-9-14)19-16(17)12-18-15-10-6-3-7-11-15/h2-11,13H,12H2,1H3. The van der Waals surface area contributed by atoms with Crippen LogP contribution in [0.4, 0.5) is 0 Å². The van der Waals surface area contributed by atoms with Crippen LogP contribution in [0.3, 0.4) is 0 Å². The van der Waals surface area contributed by atoms with Crippen LogP contribution in [0, 0.1) is 0 Å². The van der Waals surface area contributed by atoms with Crippen LogP contribution in [0.25, 0.3) is 0 Å². The van der Waals surface area contributed by atoms with E-state index in [2.05, 4.69) is 0 Å². The van der Waals surface area contributed by atoms with Gasteiger partial charge in [0, 0.05) is 0 Å². The van der Waals surface area contributed by atoms with Crippen molar-refractivity contribution in [3.63, 3.8) is 0 Å². The summed E-state index contributed by atoms with van der Waals surface area (Å²) >= 11 is 0. The van der Waals surface area contributed by atoms with Crippen molar-refractivity contribution in [2.75, 3.05) is 6.61 Å². The molecule has 0 aliphatic carbocycles. The molecule has 0 aliphatic rings. The SMILES string of the molecule is CC(OC(=O)COc1ccccc1)c1ccccc1. The van der Waals surface area contributed by atoms with Crippen molar-refractivity contribution in [3.05, 3.63) is 66.2 Å². The summed E-state index contributed by atoms with van der Waals surface area (Å²) in [5.41, 5.74) is 0.968. The molecule has 0 amide bonds. The Balaban J connectivity index is 1.82. The van der Waals surface area contributed by atoms with Crippen LogP contribution in [0.2, 0.25) is 0 Å². The molecule has 0 saturated carbocycles. The Morgan fingerprint density at radius 3 is 2.21 bits per heavy atom. The molecule has 0 saturated heterocycles. The maximum Gasteiger partial charge on any atom is 0.344 e. The van der Waals surface area contributed by atoms with Gasteiger partial charge < -0.3 is 9.47 Å². The second-order valence-electron chi connectivity index (χ2n) is 4.14. The second-order valence-corrected chi connectivity index (χ2v) is 4.14. The summed E-state index contributed by atoms with van der Waals surface area (Å²) in [6.45, 7) is 1.76. The minimum absolute atomic E-state index is 0.0822. The Morgan fingerprint density at radius 2 is 1.58 bits per heavy atom. The van der Waals surface area contributed by atoms with Crippen LogP contribution in [-0.4, -0.2) is 12.6 Å². The van der Waals surface area contributed by atoms with Crippen molar-refractivity contribution < 1.29 is 14.3 Å². The normalized spacial score (nSPS) is 11.6. The summed E-state index contributed by atoms with van der Waals surface area (Å²) in [6.07, 6.45) is -0.270. The van der Waals surface area contributed by atoms with Crippen molar-refractivity contribution in [2.45, 2.75) is 13.0 Å². The molecule has 2 aromatic carbocycles. The van der Waals surface area contributed by atoms with Crippen molar-refractivity contribution in [1.29, 1.82) is 0 Å². The predicted molar refractivity (Wildman–Crippen MR) is 72.9 cm³/mol. The fourth-order valence-electron chi connectivity index (χ4n) is 1.68. The van der Waals surface area contributed by atoms with Crippen LogP contribution < -0.4 is 4.74 Å². The highest BCUT2D eigenvalue weighted by Gasteiger charge is 2.11. The van der Waals surface area contributed by atoms with Crippen LogP contribution in [0.5, 0.6) is 5.75 Å². The Hall–Kier alpha value is -2.29. The lowest BCUT2D eigenvalue weighted by molar-refractivity contribution is -0.151. The van der Waals surface area contributed by atoms with E-state index in [9.17, 15) is 4.79 Å². The first-order valence-corrected chi connectivity index (χ1v) is 6.18. The average Bonchev–Trinajstić information content (AvgIpc) is 2.47. The molecular weight excluding hydrogens is 240 g/mol. The first-order chi connectivity index (χ1) is 9.25. The summed E-state index contributed by atoms with van der Waals surface area (Å²) < 4.78 is 10.6. The Kier molecular flexibility index (Phi) is 4.56. The third-order valence-electron chi connectivity index (χ3n) is 2.68. The van der Waals surface area contributed by atoms with Gasteiger partial charge in [-0.2, -0.15) is 0 Å². The van der Waals surface area contributed by atoms with Gasteiger partial charge in [0.05, 0.1) is 0 Å². The lowest BCUT2D eigenvalue weighted by atomic mass is 10.1. The third kappa shape index (κ3) is 4.14. The summed E-state index contributed by atoms with van der Waals surface area (Å²) in [7, 11) is 0. The average molecular weight is 256 g/mol. The number of para-hydroxylation sites is 1. The molecule has 2 rings (SSSR count). The largest absolute Gasteiger partial charge is 0.482 e. The third-order valence-corrected chi connectivity index (χ3v) is 2.68. The van der Waals surface area contributed by atoms with Crippen LogP contribution in [0.15, 0.2) is 60.7 Å². The molecule has 0 fully saturated rings. The van der Waals surface area contributed by atoms with E-state index in [4.69, 9.17) is 9.47 Å². The number of esters is 1. The molecular formula is C16H16O3. The maximum atomic E-state index is 11.7. The molecule has 3 heteroatoms. The zero-order chi connectivity index (χ0) is 13.5. The van der Waals surface area contributed by atoms with E-state index in [1.807, 2.05) is 55.5 Å². The van der Waals surface area contributed by atoms with E-state index >= 15 is 0 Å². The van der Waals surface area contributed by atoms with E-state index in [1.54, 1.807) is 12.1 Å². The highest BCUT2D eigenvalue weighted by atomic mass is 16.6. The molecule has 3 nitrogen and oxygen atoms in total. The van der Waals surface area contributed by atoms with Gasteiger partial charge in [-0.05, 0) is 24.6 Å². The van der Waals surface area contributed by atoms with Crippen LogP contribution >= 0.6 is 0 Å². The number of rotatable bonds is 5. The van der Waals surface area contributed by atoms with Crippen molar-refractivity contribution >= 4 is 5.97 Å². The molecule has 1 unspecified atom stereocenters. The van der Waals surface area contributed by atoms with Gasteiger partial charge in [0.15, 0.2) is 6.61 Å². The molecule has 0 spiro atoms. The number of carbonyl (C=O) groups is 1. The lowest BCUT2D eigenvalue weighted by Gasteiger charge is -2.13. The van der Waals surface area contributed by atoms with Gasteiger partial charge in [-0.15, -0.1) is 0 Å². The summed E-state index contributed by atoms with van der Waals surface area (Å²) in [6, 6.07) is 18.8. The predicted octanol–water partition coefficient (Wildman–Crippen LogP) is 3.37. The van der Waals surface area contributed by atoms with Gasteiger partial charge in [-0.1, -0.05) is 48.5 Å². The molecule has 0 bridgehead atoms. The van der Waals surface area contributed by atoms with Gasteiger partial charge >= 0.3 is 5.97 Å². The molecule has 98 valence electrons. The van der Waals surface area contributed by atoms with E-state index in [1.165, 1.54) is 0 Å². The zero-order valence-corrected chi connectivity index (χ0v) is 10.8. The molecule has 2 aromatic rings. The van der Waals surface area contributed by atoms with Gasteiger partial charge in [0.25, 0.3) is 0 Å². The minimum Gasteiger partial charge on any atom is -0.482 e.